The lowest BCUT2D eigenvalue weighted by molar-refractivity contribution is 0.315. The third-order valence-electron chi connectivity index (χ3n) is 3.54. The van der Waals surface area contributed by atoms with E-state index in [-0.39, 0.29) is 28.7 Å². The van der Waals surface area contributed by atoms with Crippen molar-refractivity contribution in [2.75, 3.05) is 0 Å². The Balaban J connectivity index is 1.92. The fourth-order valence-electron chi connectivity index (χ4n) is 2.39. The molecule has 0 amide bonds. The molecule has 0 bridgehead atoms. The van der Waals surface area contributed by atoms with Crippen molar-refractivity contribution < 1.29 is 17.6 Å². The minimum Gasteiger partial charge on any atom is -0.339 e. The fourth-order valence-corrected chi connectivity index (χ4v) is 3.72. The molecule has 0 aliphatic heterocycles. The molecule has 10 heteroatoms. The van der Waals surface area contributed by atoms with E-state index in [4.69, 9.17) is 9.15 Å². The summed E-state index contributed by atoms with van der Waals surface area (Å²) in [6, 6.07) is 1.73. The standard InChI is InChI=1S/C14H17N5O4S/c1-7(2)14-16-10(17-22-14)6-15-24(20,21)13-9(4)5-8(3)11-12(13)19-23-18-11/h5,7,15H,6H2,1-4H3. The Morgan fingerprint density at radius 2 is 1.83 bits per heavy atom. The first-order chi connectivity index (χ1) is 11.3. The van der Waals surface area contributed by atoms with Crippen LogP contribution in [0.15, 0.2) is 20.1 Å². The van der Waals surface area contributed by atoms with E-state index in [9.17, 15) is 8.42 Å². The SMILES string of the molecule is Cc1cc(C)c2nonc2c1S(=O)(=O)NCc1noc(C(C)C)n1. The average Bonchev–Trinajstić information content (AvgIpc) is 3.14. The molecular formula is C14H17N5O4S. The highest BCUT2D eigenvalue weighted by Gasteiger charge is 2.25. The van der Waals surface area contributed by atoms with E-state index in [1.165, 1.54) is 0 Å². The smallest absolute Gasteiger partial charge is 0.243 e. The van der Waals surface area contributed by atoms with Crippen LogP contribution in [0.1, 0.15) is 42.6 Å². The molecule has 1 aromatic carbocycles. The number of nitrogens with zero attached hydrogens (tertiary/aromatic N) is 4. The number of hydrogen-bond acceptors (Lipinski definition) is 8. The molecule has 9 nitrogen and oxygen atoms in total. The van der Waals surface area contributed by atoms with Crippen molar-refractivity contribution in [1.29, 1.82) is 0 Å². The highest BCUT2D eigenvalue weighted by molar-refractivity contribution is 7.89. The van der Waals surface area contributed by atoms with E-state index in [1.54, 1.807) is 13.0 Å². The number of nitrogens with one attached hydrogen (secondary N) is 1. The van der Waals surface area contributed by atoms with E-state index in [0.29, 0.717) is 17.0 Å². The maximum absolute atomic E-state index is 12.7. The molecule has 0 fully saturated rings. The van der Waals surface area contributed by atoms with Gasteiger partial charge in [-0.15, -0.1) is 0 Å². The summed E-state index contributed by atoms with van der Waals surface area (Å²) in [5.74, 6) is 0.795. The molecule has 2 aromatic heterocycles. The van der Waals surface area contributed by atoms with Crippen LogP contribution in [0.3, 0.4) is 0 Å². The summed E-state index contributed by atoms with van der Waals surface area (Å²) in [7, 11) is -3.85. The predicted molar refractivity (Wildman–Crippen MR) is 83.7 cm³/mol. The Labute approximate surface area is 138 Å². The summed E-state index contributed by atoms with van der Waals surface area (Å²) in [4.78, 5) is 4.18. The zero-order valence-corrected chi connectivity index (χ0v) is 14.5. The van der Waals surface area contributed by atoms with Gasteiger partial charge in [0.25, 0.3) is 0 Å². The first-order valence-electron chi connectivity index (χ1n) is 7.34. The van der Waals surface area contributed by atoms with Crippen molar-refractivity contribution >= 4 is 21.1 Å². The zero-order valence-electron chi connectivity index (χ0n) is 13.7. The van der Waals surface area contributed by atoms with Gasteiger partial charge in [-0.05, 0) is 35.3 Å². The monoisotopic (exact) mass is 351 g/mol. The van der Waals surface area contributed by atoms with Gasteiger partial charge >= 0.3 is 0 Å². The quantitative estimate of drug-likeness (QED) is 0.738. The molecule has 0 saturated carbocycles. The molecule has 0 saturated heterocycles. The Morgan fingerprint density at radius 3 is 2.50 bits per heavy atom. The molecule has 3 rings (SSSR count). The van der Waals surface area contributed by atoms with Crippen LogP contribution >= 0.6 is 0 Å². The lowest BCUT2D eigenvalue weighted by atomic mass is 10.1. The van der Waals surface area contributed by atoms with Gasteiger partial charge in [0.2, 0.25) is 15.9 Å². The number of aryl methyl sites for hydroxylation is 2. The Hall–Kier alpha value is -2.33. The molecule has 128 valence electrons. The molecule has 0 unspecified atom stereocenters. The van der Waals surface area contributed by atoms with Gasteiger partial charge in [-0.1, -0.05) is 25.1 Å². The predicted octanol–water partition coefficient (Wildman–Crippen LogP) is 1.82. The Kier molecular flexibility index (Phi) is 4.10. The van der Waals surface area contributed by atoms with E-state index >= 15 is 0 Å². The molecule has 0 atom stereocenters. The normalized spacial score (nSPS) is 12.4. The van der Waals surface area contributed by atoms with Gasteiger partial charge in [0.1, 0.15) is 10.4 Å². The number of fused-ring (bicyclic) bond motifs is 1. The van der Waals surface area contributed by atoms with Crippen LogP contribution in [0.2, 0.25) is 0 Å². The largest absolute Gasteiger partial charge is 0.339 e. The molecular weight excluding hydrogens is 334 g/mol. The first kappa shape index (κ1) is 16.5. The minimum absolute atomic E-state index is 0.0388. The fraction of sp³-hybridized carbons (Fsp3) is 0.429. The molecule has 3 aromatic rings. The summed E-state index contributed by atoms with van der Waals surface area (Å²) < 4.78 is 37.6. The van der Waals surface area contributed by atoms with E-state index in [1.807, 2.05) is 20.8 Å². The summed E-state index contributed by atoms with van der Waals surface area (Å²) >= 11 is 0. The topological polar surface area (TPSA) is 124 Å². The molecule has 24 heavy (non-hydrogen) atoms. The Morgan fingerprint density at radius 1 is 1.12 bits per heavy atom. The van der Waals surface area contributed by atoms with Crippen LogP contribution in [0.25, 0.3) is 11.0 Å². The third kappa shape index (κ3) is 2.89. The van der Waals surface area contributed by atoms with Gasteiger partial charge in [-0.2, -0.15) is 4.98 Å². The van der Waals surface area contributed by atoms with Crippen molar-refractivity contribution in [3.05, 3.63) is 28.9 Å². The number of rotatable bonds is 5. The minimum atomic E-state index is -3.85. The summed E-state index contributed by atoms with van der Waals surface area (Å²) in [6.45, 7) is 7.24. The molecule has 0 radical (unpaired) electrons. The Bertz CT molecular complexity index is 990. The van der Waals surface area contributed by atoms with Crippen LogP contribution in [-0.2, 0) is 16.6 Å². The van der Waals surface area contributed by atoms with Crippen LogP contribution in [0.4, 0.5) is 0 Å². The van der Waals surface area contributed by atoms with Crippen LogP contribution in [0, 0.1) is 13.8 Å². The van der Waals surface area contributed by atoms with Gasteiger partial charge in [0, 0.05) is 5.92 Å². The number of aromatic nitrogens is 4. The molecule has 1 N–H and O–H groups in total. The van der Waals surface area contributed by atoms with Gasteiger partial charge in [0.05, 0.1) is 6.54 Å². The maximum atomic E-state index is 12.7. The van der Waals surface area contributed by atoms with Crippen molar-refractivity contribution in [1.82, 2.24) is 25.2 Å². The number of benzene rings is 1. The van der Waals surface area contributed by atoms with Gasteiger partial charge in [-0.3, -0.25) is 0 Å². The first-order valence-corrected chi connectivity index (χ1v) is 8.82. The third-order valence-corrected chi connectivity index (χ3v) is 5.11. The average molecular weight is 351 g/mol. The number of hydrogen-bond donors (Lipinski definition) is 1. The van der Waals surface area contributed by atoms with Crippen molar-refractivity contribution in [2.24, 2.45) is 0 Å². The molecule has 0 spiro atoms. The molecule has 0 aliphatic carbocycles. The van der Waals surface area contributed by atoms with Crippen molar-refractivity contribution in [3.63, 3.8) is 0 Å². The number of sulfonamides is 1. The second-order valence-corrected chi connectivity index (χ2v) is 7.53. The van der Waals surface area contributed by atoms with E-state index in [0.717, 1.165) is 5.56 Å². The van der Waals surface area contributed by atoms with Gasteiger partial charge in [-0.25, -0.2) is 17.8 Å². The van der Waals surface area contributed by atoms with Crippen LogP contribution in [0.5, 0.6) is 0 Å². The molecule has 2 heterocycles. The second-order valence-electron chi connectivity index (χ2n) is 5.83. The highest BCUT2D eigenvalue weighted by atomic mass is 32.2. The van der Waals surface area contributed by atoms with Crippen LogP contribution < -0.4 is 4.72 Å². The lowest BCUT2D eigenvalue weighted by Crippen LogP contribution is -2.25. The zero-order chi connectivity index (χ0) is 17.5. The maximum Gasteiger partial charge on any atom is 0.243 e. The summed E-state index contributed by atoms with van der Waals surface area (Å²) in [5.41, 5.74) is 1.97. The van der Waals surface area contributed by atoms with Gasteiger partial charge in [0.15, 0.2) is 11.3 Å². The van der Waals surface area contributed by atoms with Crippen molar-refractivity contribution in [3.8, 4) is 0 Å². The summed E-state index contributed by atoms with van der Waals surface area (Å²) in [6.07, 6.45) is 0. The van der Waals surface area contributed by atoms with Gasteiger partial charge < -0.3 is 4.52 Å². The summed E-state index contributed by atoms with van der Waals surface area (Å²) in [5, 5.41) is 11.3. The lowest BCUT2D eigenvalue weighted by Gasteiger charge is -2.09. The highest BCUT2D eigenvalue weighted by Crippen LogP contribution is 2.26. The van der Waals surface area contributed by atoms with Crippen molar-refractivity contribution in [2.45, 2.75) is 45.1 Å². The second kappa shape index (κ2) is 5.95. The van der Waals surface area contributed by atoms with E-state index < -0.39 is 10.0 Å². The molecule has 0 aliphatic rings. The van der Waals surface area contributed by atoms with E-state index in [2.05, 4.69) is 25.2 Å². The van der Waals surface area contributed by atoms with Crippen LogP contribution in [-0.4, -0.2) is 28.9 Å².